The summed E-state index contributed by atoms with van der Waals surface area (Å²) in [6.45, 7) is 6.51. The lowest BCUT2D eigenvalue weighted by molar-refractivity contribution is -0.125. The minimum Gasteiger partial charge on any atom is -0.346 e. The van der Waals surface area contributed by atoms with Gasteiger partial charge in [0.05, 0.1) is 0 Å². The highest BCUT2D eigenvalue weighted by molar-refractivity contribution is 5.79. The molecule has 0 saturated carbocycles. The van der Waals surface area contributed by atoms with Gasteiger partial charge in [-0.1, -0.05) is 64.7 Å². The van der Waals surface area contributed by atoms with E-state index in [1.165, 1.54) is 57.8 Å². The van der Waals surface area contributed by atoms with Gasteiger partial charge < -0.3 is 4.90 Å². The molecule has 0 aliphatic rings. The highest BCUT2D eigenvalue weighted by atomic mass is 16.2. The molecule has 0 aromatic rings. The van der Waals surface area contributed by atoms with E-state index in [2.05, 4.69) is 13.8 Å². The Balaban J connectivity index is 3.06. The molecule has 0 N–H and O–H groups in total. The summed E-state index contributed by atoms with van der Waals surface area (Å²) < 4.78 is 0. The van der Waals surface area contributed by atoms with Crippen LogP contribution in [0.3, 0.4) is 0 Å². The first-order valence-electron chi connectivity index (χ1n) is 7.25. The highest BCUT2D eigenvalue weighted by Gasteiger charge is 2.00. The van der Waals surface area contributed by atoms with Gasteiger partial charge >= 0.3 is 0 Å². The van der Waals surface area contributed by atoms with Crippen molar-refractivity contribution in [1.82, 2.24) is 4.90 Å². The summed E-state index contributed by atoms with van der Waals surface area (Å²) in [5.74, 6) is -0.0686. The van der Waals surface area contributed by atoms with Gasteiger partial charge in [-0.2, -0.15) is 0 Å². The maximum atomic E-state index is 10.8. The molecule has 2 nitrogen and oxygen atoms in total. The second kappa shape index (κ2) is 11.9. The van der Waals surface area contributed by atoms with Crippen LogP contribution in [0.15, 0.2) is 0 Å². The first kappa shape index (κ1) is 16.5. The zero-order valence-electron chi connectivity index (χ0n) is 11.8. The van der Waals surface area contributed by atoms with Crippen molar-refractivity contribution in [3.05, 3.63) is 6.92 Å². The summed E-state index contributed by atoms with van der Waals surface area (Å²) in [6, 6.07) is 0. The molecule has 0 atom stereocenters. The Hall–Kier alpha value is -0.530. The Bertz CT molecular complexity index is 180. The average molecular weight is 240 g/mol. The predicted octanol–water partition coefficient (Wildman–Crippen LogP) is 4.20. The third-order valence-electron chi connectivity index (χ3n) is 3.27. The molecule has 0 aliphatic heterocycles. The van der Waals surface area contributed by atoms with Gasteiger partial charge in [0.2, 0.25) is 5.91 Å². The molecule has 0 spiro atoms. The van der Waals surface area contributed by atoms with Gasteiger partial charge in [-0.05, 0) is 6.42 Å². The maximum Gasteiger partial charge on any atom is 0.222 e. The second-order valence-corrected chi connectivity index (χ2v) is 5.00. The fourth-order valence-electron chi connectivity index (χ4n) is 1.96. The molecule has 0 unspecified atom stereocenters. The Morgan fingerprint density at radius 2 is 1.29 bits per heavy atom. The molecule has 0 saturated heterocycles. The van der Waals surface area contributed by atoms with Gasteiger partial charge in [-0.15, -0.1) is 0 Å². The van der Waals surface area contributed by atoms with Crippen molar-refractivity contribution in [2.24, 2.45) is 0 Å². The molecular weight excluding hydrogens is 210 g/mol. The Kier molecular flexibility index (Phi) is 11.6. The van der Waals surface area contributed by atoms with Crippen molar-refractivity contribution >= 4 is 5.91 Å². The fourth-order valence-corrected chi connectivity index (χ4v) is 1.96. The molecule has 0 aromatic heterocycles. The topological polar surface area (TPSA) is 20.3 Å². The van der Waals surface area contributed by atoms with Crippen LogP contribution >= 0.6 is 0 Å². The van der Waals surface area contributed by atoms with E-state index < -0.39 is 0 Å². The molecular formula is C15H30NO. The zero-order valence-corrected chi connectivity index (χ0v) is 11.8. The van der Waals surface area contributed by atoms with Gasteiger partial charge in [-0.25, -0.2) is 0 Å². The number of carbonyl (C=O) groups is 1. The summed E-state index contributed by atoms with van der Waals surface area (Å²) in [5.41, 5.74) is 0. The summed E-state index contributed by atoms with van der Waals surface area (Å²) >= 11 is 0. The van der Waals surface area contributed by atoms with E-state index in [4.69, 9.17) is 0 Å². The standard InChI is InChI=1S/C15H30NO/c1-4-5-6-7-8-9-10-11-12-13-14-16(3)15(2)17/h2,4-14H2,1,3H3. The molecule has 0 bridgehead atoms. The molecule has 0 fully saturated rings. The number of hydrogen-bond acceptors (Lipinski definition) is 1. The summed E-state index contributed by atoms with van der Waals surface area (Å²) in [6.07, 6.45) is 13.4. The number of carbonyl (C=O) groups excluding carboxylic acids is 1. The monoisotopic (exact) mass is 240 g/mol. The molecule has 0 aromatic carbocycles. The van der Waals surface area contributed by atoms with E-state index in [-0.39, 0.29) is 5.91 Å². The van der Waals surface area contributed by atoms with E-state index in [1.54, 1.807) is 4.90 Å². The molecule has 1 amide bonds. The van der Waals surface area contributed by atoms with Gasteiger partial charge in [0, 0.05) is 20.5 Å². The first-order valence-corrected chi connectivity index (χ1v) is 7.25. The normalized spacial score (nSPS) is 10.5. The van der Waals surface area contributed by atoms with Crippen molar-refractivity contribution in [2.45, 2.75) is 71.1 Å². The Morgan fingerprint density at radius 3 is 1.71 bits per heavy atom. The van der Waals surface area contributed by atoms with Crippen molar-refractivity contribution < 1.29 is 4.79 Å². The smallest absolute Gasteiger partial charge is 0.222 e. The van der Waals surface area contributed by atoms with Gasteiger partial charge in [0.25, 0.3) is 0 Å². The van der Waals surface area contributed by atoms with Crippen LogP contribution < -0.4 is 0 Å². The molecule has 0 aliphatic carbocycles. The lowest BCUT2D eigenvalue weighted by Crippen LogP contribution is -2.24. The number of hydrogen-bond donors (Lipinski definition) is 0. The van der Waals surface area contributed by atoms with Crippen molar-refractivity contribution in [3.8, 4) is 0 Å². The van der Waals surface area contributed by atoms with E-state index in [0.717, 1.165) is 13.0 Å². The van der Waals surface area contributed by atoms with Gasteiger partial charge in [0.1, 0.15) is 0 Å². The molecule has 0 rings (SSSR count). The average Bonchev–Trinajstić information content (AvgIpc) is 2.31. The predicted molar refractivity (Wildman–Crippen MR) is 74.8 cm³/mol. The Labute approximate surface area is 108 Å². The summed E-state index contributed by atoms with van der Waals surface area (Å²) in [7, 11) is 1.82. The molecule has 101 valence electrons. The number of unbranched alkanes of at least 4 members (excludes halogenated alkanes) is 9. The maximum absolute atomic E-state index is 10.8. The molecule has 1 radical (unpaired) electrons. The largest absolute Gasteiger partial charge is 0.346 e. The second-order valence-electron chi connectivity index (χ2n) is 5.00. The SMILES string of the molecule is [CH2]C(=O)N(C)CCCCCCCCCCCC. The third-order valence-corrected chi connectivity index (χ3v) is 3.27. The van der Waals surface area contributed by atoms with E-state index in [0.29, 0.717) is 0 Å². The zero-order chi connectivity index (χ0) is 12.9. The highest BCUT2D eigenvalue weighted by Crippen LogP contribution is 2.10. The van der Waals surface area contributed by atoms with E-state index >= 15 is 0 Å². The van der Waals surface area contributed by atoms with Crippen LogP contribution in [0.1, 0.15) is 71.1 Å². The van der Waals surface area contributed by atoms with Crippen LogP contribution in [0.4, 0.5) is 0 Å². The van der Waals surface area contributed by atoms with Crippen LogP contribution in [0.25, 0.3) is 0 Å². The van der Waals surface area contributed by atoms with Crippen molar-refractivity contribution in [2.75, 3.05) is 13.6 Å². The minimum atomic E-state index is -0.0686. The van der Waals surface area contributed by atoms with Crippen LogP contribution in [-0.2, 0) is 4.79 Å². The number of rotatable bonds is 11. The summed E-state index contributed by atoms with van der Waals surface area (Å²) in [5, 5.41) is 0. The fraction of sp³-hybridized carbons (Fsp3) is 0.867. The van der Waals surface area contributed by atoms with Crippen LogP contribution in [0, 0.1) is 6.92 Å². The number of amides is 1. The van der Waals surface area contributed by atoms with Crippen LogP contribution in [0.2, 0.25) is 0 Å². The van der Waals surface area contributed by atoms with Gasteiger partial charge in [0.15, 0.2) is 0 Å². The minimum absolute atomic E-state index is 0.0686. The molecule has 0 heterocycles. The lowest BCUT2D eigenvalue weighted by Gasteiger charge is -2.13. The summed E-state index contributed by atoms with van der Waals surface area (Å²) in [4.78, 5) is 12.5. The Morgan fingerprint density at radius 1 is 0.882 bits per heavy atom. The van der Waals surface area contributed by atoms with Crippen LogP contribution in [0.5, 0.6) is 0 Å². The first-order chi connectivity index (χ1) is 8.18. The molecule has 17 heavy (non-hydrogen) atoms. The van der Waals surface area contributed by atoms with Crippen molar-refractivity contribution in [1.29, 1.82) is 0 Å². The number of nitrogens with zero attached hydrogens (tertiary/aromatic N) is 1. The van der Waals surface area contributed by atoms with Crippen LogP contribution in [-0.4, -0.2) is 24.4 Å². The third kappa shape index (κ3) is 11.7. The quantitative estimate of drug-likeness (QED) is 0.496. The van der Waals surface area contributed by atoms with E-state index in [1.807, 2.05) is 7.05 Å². The van der Waals surface area contributed by atoms with E-state index in [9.17, 15) is 4.79 Å². The van der Waals surface area contributed by atoms with Crippen molar-refractivity contribution in [3.63, 3.8) is 0 Å². The molecule has 2 heteroatoms. The van der Waals surface area contributed by atoms with Gasteiger partial charge in [-0.3, -0.25) is 4.79 Å². The lowest BCUT2D eigenvalue weighted by atomic mass is 10.1.